The fourth-order valence-corrected chi connectivity index (χ4v) is 2.32. The van der Waals surface area contributed by atoms with Crippen molar-refractivity contribution in [3.8, 4) is 11.1 Å². The van der Waals surface area contributed by atoms with Gasteiger partial charge in [-0.25, -0.2) is 12.1 Å². The van der Waals surface area contributed by atoms with Gasteiger partial charge in [0.05, 0.1) is 0 Å². The minimum absolute atomic E-state index is 0. The Kier molecular flexibility index (Phi) is 8.13. The van der Waals surface area contributed by atoms with E-state index in [-0.39, 0.29) is 27.7 Å². The molecule has 0 aliphatic rings. The van der Waals surface area contributed by atoms with Crippen LogP contribution >= 0.6 is 0 Å². The van der Waals surface area contributed by atoms with Gasteiger partial charge in [0.25, 0.3) is 0 Å². The van der Waals surface area contributed by atoms with Gasteiger partial charge in [0.15, 0.2) is 0 Å². The maximum atomic E-state index is 11.0. The molecule has 0 aliphatic carbocycles. The number of para-hydroxylation sites is 1. The second kappa shape index (κ2) is 9.83. The van der Waals surface area contributed by atoms with Crippen molar-refractivity contribution in [1.29, 1.82) is 0 Å². The van der Waals surface area contributed by atoms with E-state index in [1.54, 1.807) is 12.1 Å². The Morgan fingerprint density at radius 3 is 2.33 bits per heavy atom. The third-order valence-electron chi connectivity index (χ3n) is 3.28. The Bertz CT molecular complexity index is 716. The molecule has 0 saturated carbocycles. The summed E-state index contributed by atoms with van der Waals surface area (Å²) < 4.78 is 0. The van der Waals surface area contributed by atoms with E-state index in [1.807, 2.05) is 68.7 Å². The van der Waals surface area contributed by atoms with Crippen LogP contribution in [0.1, 0.15) is 5.56 Å². The molecule has 0 saturated heterocycles. The normalized spacial score (nSPS) is 9.79. The molecule has 5 heteroatoms. The largest absolute Gasteiger partial charge is 2.00 e. The molecule has 3 aromatic carbocycles. The SMILES string of the molecule is CN(C)Cc1cc[c-](-c2ccccc2[N+](=O)[O-])c1.[Fe+2].c1cc[cH-]c1. The number of nitrogens with zero attached hydrogens (tertiary/aromatic N) is 2. The first-order valence-corrected chi connectivity index (χ1v) is 7.39. The van der Waals surface area contributed by atoms with E-state index in [1.165, 1.54) is 6.07 Å². The Hall–Kier alpha value is -2.20. The van der Waals surface area contributed by atoms with E-state index in [2.05, 4.69) is 4.90 Å². The molecule has 4 nitrogen and oxygen atoms in total. The quantitative estimate of drug-likeness (QED) is 0.298. The van der Waals surface area contributed by atoms with Crippen molar-refractivity contribution in [3.63, 3.8) is 0 Å². The molecule has 126 valence electrons. The van der Waals surface area contributed by atoms with Crippen LogP contribution in [0.4, 0.5) is 5.69 Å². The first-order valence-electron chi connectivity index (χ1n) is 7.39. The van der Waals surface area contributed by atoms with E-state index in [0.717, 1.165) is 17.7 Å². The molecule has 24 heavy (non-hydrogen) atoms. The van der Waals surface area contributed by atoms with E-state index in [0.29, 0.717) is 5.56 Å². The summed E-state index contributed by atoms with van der Waals surface area (Å²) in [6, 6.07) is 22.8. The summed E-state index contributed by atoms with van der Waals surface area (Å²) in [5, 5.41) is 11.0. The van der Waals surface area contributed by atoms with Gasteiger partial charge in [-0.05, 0) is 32.3 Å². The van der Waals surface area contributed by atoms with Crippen molar-refractivity contribution in [2.24, 2.45) is 0 Å². The molecule has 3 aromatic rings. The molecule has 3 rings (SSSR count). The summed E-state index contributed by atoms with van der Waals surface area (Å²) in [6.07, 6.45) is 0. The van der Waals surface area contributed by atoms with Crippen LogP contribution in [0.3, 0.4) is 0 Å². The molecule has 0 unspecified atom stereocenters. The monoisotopic (exact) mass is 364 g/mol. The van der Waals surface area contributed by atoms with Crippen LogP contribution in [0.5, 0.6) is 0 Å². The maximum Gasteiger partial charge on any atom is 2.00 e. The van der Waals surface area contributed by atoms with Crippen LogP contribution in [-0.2, 0) is 23.6 Å². The predicted molar refractivity (Wildman–Crippen MR) is 93.6 cm³/mol. The molecule has 0 atom stereocenters. The third kappa shape index (κ3) is 5.78. The van der Waals surface area contributed by atoms with Crippen molar-refractivity contribution >= 4 is 5.69 Å². The van der Waals surface area contributed by atoms with Gasteiger partial charge >= 0.3 is 17.1 Å². The summed E-state index contributed by atoms with van der Waals surface area (Å²) >= 11 is 0. The molecule has 0 amide bonds. The molecular formula is C19H20FeN2O2. The van der Waals surface area contributed by atoms with Crippen LogP contribution in [0, 0.1) is 10.1 Å². The summed E-state index contributed by atoms with van der Waals surface area (Å²) in [5.41, 5.74) is 2.89. The van der Waals surface area contributed by atoms with E-state index in [4.69, 9.17) is 0 Å². The number of rotatable bonds is 4. The Morgan fingerprint density at radius 1 is 1.12 bits per heavy atom. The minimum Gasteiger partial charge on any atom is -0.313 e. The number of hydrogen-bond acceptors (Lipinski definition) is 3. The second-order valence-corrected chi connectivity index (χ2v) is 5.48. The standard InChI is InChI=1S/C14H15N2O2.C5H5.Fe/c1-15(2)10-11-7-8-12(9-11)13-5-3-4-6-14(13)16(17)18;1-2-4-5-3-1;/h3-9H,10H2,1-2H3;1-5H;/q2*-1;+2. The molecule has 0 fully saturated rings. The van der Waals surface area contributed by atoms with Crippen LogP contribution in [0.2, 0.25) is 0 Å². The van der Waals surface area contributed by atoms with Crippen molar-refractivity contribution in [3.05, 3.63) is 88.5 Å². The Balaban J connectivity index is 0.000000412. The zero-order valence-electron chi connectivity index (χ0n) is 13.7. The van der Waals surface area contributed by atoms with Crippen molar-refractivity contribution in [1.82, 2.24) is 4.90 Å². The summed E-state index contributed by atoms with van der Waals surface area (Å²) in [7, 11) is 4.00. The first kappa shape index (κ1) is 19.8. The topological polar surface area (TPSA) is 46.4 Å². The zero-order valence-corrected chi connectivity index (χ0v) is 14.8. The number of nitro benzene ring substituents is 1. The van der Waals surface area contributed by atoms with E-state index in [9.17, 15) is 10.1 Å². The molecule has 0 heterocycles. The smallest absolute Gasteiger partial charge is 0.313 e. The number of nitro groups is 1. The number of benzene rings is 1. The van der Waals surface area contributed by atoms with Gasteiger partial charge in [0, 0.05) is 4.92 Å². The van der Waals surface area contributed by atoms with Crippen molar-refractivity contribution in [2.75, 3.05) is 14.1 Å². The molecule has 0 aliphatic heterocycles. The summed E-state index contributed by atoms with van der Waals surface area (Å²) in [4.78, 5) is 12.7. The molecule has 0 bridgehead atoms. The molecule has 0 radical (unpaired) electrons. The summed E-state index contributed by atoms with van der Waals surface area (Å²) in [5.74, 6) is 0. The van der Waals surface area contributed by atoms with Gasteiger partial charge in [-0.15, -0.1) is 29.8 Å². The maximum absolute atomic E-state index is 11.0. The van der Waals surface area contributed by atoms with E-state index < -0.39 is 0 Å². The number of hydrogen-bond donors (Lipinski definition) is 0. The molecule has 0 aromatic heterocycles. The Labute approximate surface area is 153 Å². The van der Waals surface area contributed by atoms with Crippen LogP contribution in [0.15, 0.2) is 72.8 Å². The van der Waals surface area contributed by atoms with Gasteiger partial charge in [0.2, 0.25) is 5.69 Å². The van der Waals surface area contributed by atoms with Crippen LogP contribution in [-0.4, -0.2) is 23.9 Å². The predicted octanol–water partition coefficient (Wildman–Crippen LogP) is 4.45. The van der Waals surface area contributed by atoms with Gasteiger partial charge in [-0.3, -0.25) is 10.1 Å². The van der Waals surface area contributed by atoms with Gasteiger partial charge < -0.3 is 4.90 Å². The fourth-order valence-electron chi connectivity index (χ4n) is 2.32. The van der Waals surface area contributed by atoms with Gasteiger partial charge in [0.1, 0.15) is 0 Å². The third-order valence-corrected chi connectivity index (χ3v) is 3.28. The van der Waals surface area contributed by atoms with Gasteiger partial charge in [-0.1, -0.05) is 17.7 Å². The average molecular weight is 364 g/mol. The van der Waals surface area contributed by atoms with Crippen molar-refractivity contribution < 1.29 is 22.0 Å². The summed E-state index contributed by atoms with van der Waals surface area (Å²) in [6.45, 7) is 0.834. The van der Waals surface area contributed by atoms with Gasteiger partial charge in [-0.2, -0.15) is 18.2 Å². The Morgan fingerprint density at radius 2 is 1.79 bits per heavy atom. The zero-order chi connectivity index (χ0) is 16.7. The fraction of sp³-hybridized carbons (Fsp3) is 0.158. The first-order chi connectivity index (χ1) is 11.1. The minimum atomic E-state index is -0.339. The average Bonchev–Trinajstić information content (AvgIpc) is 3.21. The molecule has 0 spiro atoms. The van der Waals surface area contributed by atoms with Crippen molar-refractivity contribution in [2.45, 2.75) is 6.54 Å². The van der Waals surface area contributed by atoms with Crippen LogP contribution < -0.4 is 0 Å². The van der Waals surface area contributed by atoms with E-state index >= 15 is 0 Å². The molecular weight excluding hydrogens is 344 g/mol. The molecule has 0 N–H and O–H groups in total. The second-order valence-electron chi connectivity index (χ2n) is 5.48. The van der Waals surface area contributed by atoms with Crippen LogP contribution in [0.25, 0.3) is 11.1 Å².